The van der Waals surface area contributed by atoms with Crippen molar-refractivity contribution < 1.29 is 22.7 Å². The smallest absolute Gasteiger partial charge is 0.453 e. The van der Waals surface area contributed by atoms with Gasteiger partial charge in [-0.3, -0.25) is 4.79 Å². The van der Waals surface area contributed by atoms with Crippen LogP contribution in [0.5, 0.6) is 5.75 Å². The summed E-state index contributed by atoms with van der Waals surface area (Å²) in [5, 5.41) is 8.61. The lowest BCUT2D eigenvalue weighted by Gasteiger charge is -2.04. The summed E-state index contributed by atoms with van der Waals surface area (Å²) in [5.41, 5.74) is -1.12. The maximum atomic E-state index is 11.8. The zero-order valence-electron chi connectivity index (χ0n) is 5.55. The van der Waals surface area contributed by atoms with E-state index in [0.717, 1.165) is 0 Å². The Kier molecular flexibility index (Phi) is 1.83. The Morgan fingerprint density at radius 1 is 1.42 bits per heavy atom. The topological polar surface area (TPSA) is 50.4 Å². The predicted octanol–water partition coefficient (Wildman–Crippen LogP) is 1.36. The average Bonchev–Trinajstić information content (AvgIpc) is 1.92. The highest BCUT2D eigenvalue weighted by Gasteiger charge is 2.38. The highest BCUT2D eigenvalue weighted by Crippen LogP contribution is 2.33. The van der Waals surface area contributed by atoms with Crippen LogP contribution in [0.15, 0.2) is 21.5 Å². The van der Waals surface area contributed by atoms with E-state index in [0.29, 0.717) is 12.3 Å². The molecular weight excluding hydrogens is 177 g/mol. The normalized spacial score (nSPS) is 11.6. The molecule has 0 radical (unpaired) electrons. The van der Waals surface area contributed by atoms with Gasteiger partial charge >= 0.3 is 6.18 Å². The maximum Gasteiger partial charge on any atom is 0.453 e. The molecule has 3 nitrogen and oxygen atoms in total. The zero-order chi connectivity index (χ0) is 9.35. The van der Waals surface area contributed by atoms with Gasteiger partial charge in [0.2, 0.25) is 11.2 Å². The Labute approximate surface area is 64.1 Å². The van der Waals surface area contributed by atoms with Gasteiger partial charge in [-0.1, -0.05) is 0 Å². The van der Waals surface area contributed by atoms with E-state index < -0.39 is 23.1 Å². The molecule has 0 unspecified atom stereocenters. The van der Waals surface area contributed by atoms with Gasteiger partial charge in [0, 0.05) is 6.07 Å². The first-order valence-electron chi connectivity index (χ1n) is 2.81. The first-order chi connectivity index (χ1) is 5.43. The molecule has 0 amide bonds. The Morgan fingerprint density at radius 2 is 2.00 bits per heavy atom. The van der Waals surface area contributed by atoms with Crippen molar-refractivity contribution in [1.29, 1.82) is 0 Å². The van der Waals surface area contributed by atoms with E-state index in [9.17, 15) is 18.0 Å². The lowest BCUT2D eigenvalue weighted by atomic mass is 10.3. The van der Waals surface area contributed by atoms with Crippen molar-refractivity contribution in [2.75, 3.05) is 0 Å². The average molecular weight is 180 g/mol. The van der Waals surface area contributed by atoms with Gasteiger partial charge in [-0.15, -0.1) is 0 Å². The molecule has 1 N–H and O–H groups in total. The third kappa shape index (κ3) is 1.41. The molecule has 1 aromatic heterocycles. The molecule has 0 aliphatic rings. The minimum atomic E-state index is -4.84. The lowest BCUT2D eigenvalue weighted by Crippen LogP contribution is -2.10. The van der Waals surface area contributed by atoms with Gasteiger partial charge in [0.05, 0.1) is 6.26 Å². The van der Waals surface area contributed by atoms with Crippen molar-refractivity contribution in [1.82, 2.24) is 0 Å². The summed E-state index contributed by atoms with van der Waals surface area (Å²) in [7, 11) is 0. The van der Waals surface area contributed by atoms with Crippen LogP contribution in [0.1, 0.15) is 5.76 Å². The SMILES string of the molecule is O=c1ccoc(C(F)(F)F)c1O. The number of alkyl halides is 3. The van der Waals surface area contributed by atoms with Crippen LogP contribution in [0.2, 0.25) is 0 Å². The van der Waals surface area contributed by atoms with E-state index >= 15 is 0 Å². The third-order valence-electron chi connectivity index (χ3n) is 1.11. The molecule has 1 heterocycles. The second kappa shape index (κ2) is 2.54. The van der Waals surface area contributed by atoms with E-state index in [1.165, 1.54) is 0 Å². The molecule has 0 spiro atoms. The van der Waals surface area contributed by atoms with Crippen LogP contribution in [0.25, 0.3) is 0 Å². The van der Waals surface area contributed by atoms with Crippen molar-refractivity contribution in [3.8, 4) is 5.75 Å². The van der Waals surface area contributed by atoms with E-state index in [1.807, 2.05) is 0 Å². The van der Waals surface area contributed by atoms with Crippen molar-refractivity contribution in [2.24, 2.45) is 0 Å². The molecule has 6 heteroatoms. The molecule has 0 saturated carbocycles. The minimum Gasteiger partial charge on any atom is -0.502 e. The lowest BCUT2D eigenvalue weighted by molar-refractivity contribution is -0.155. The maximum absolute atomic E-state index is 11.8. The molecule has 1 aromatic rings. The van der Waals surface area contributed by atoms with Crippen molar-refractivity contribution in [3.05, 3.63) is 28.3 Å². The fraction of sp³-hybridized carbons (Fsp3) is 0.167. The summed E-state index contributed by atoms with van der Waals surface area (Å²) >= 11 is 0. The second-order valence-corrected chi connectivity index (χ2v) is 1.96. The quantitative estimate of drug-likeness (QED) is 0.655. The first kappa shape index (κ1) is 8.63. The van der Waals surface area contributed by atoms with Crippen LogP contribution in [0, 0.1) is 0 Å². The van der Waals surface area contributed by atoms with Crippen LogP contribution >= 0.6 is 0 Å². The van der Waals surface area contributed by atoms with Crippen LogP contribution in [0.4, 0.5) is 13.2 Å². The summed E-state index contributed by atoms with van der Waals surface area (Å²) in [6.45, 7) is 0. The van der Waals surface area contributed by atoms with Gasteiger partial charge in [-0.25, -0.2) is 0 Å². The van der Waals surface area contributed by atoms with E-state index in [4.69, 9.17) is 5.11 Å². The Morgan fingerprint density at radius 3 is 2.42 bits per heavy atom. The molecule has 0 fully saturated rings. The van der Waals surface area contributed by atoms with Gasteiger partial charge < -0.3 is 9.52 Å². The predicted molar refractivity (Wildman–Crippen MR) is 31.6 cm³/mol. The molecule has 0 atom stereocenters. The number of rotatable bonds is 0. The fourth-order valence-corrected chi connectivity index (χ4v) is 0.612. The van der Waals surface area contributed by atoms with Crippen LogP contribution < -0.4 is 5.43 Å². The summed E-state index contributed by atoms with van der Waals surface area (Å²) in [6.07, 6.45) is -4.27. The standard InChI is InChI=1S/C6H3F3O3/c7-6(8,9)5-4(11)3(10)1-2-12-5/h1-2,11H. The fourth-order valence-electron chi connectivity index (χ4n) is 0.612. The highest BCUT2D eigenvalue weighted by molar-refractivity contribution is 5.24. The molecule has 0 bridgehead atoms. The second-order valence-electron chi connectivity index (χ2n) is 1.96. The van der Waals surface area contributed by atoms with Gasteiger partial charge in [-0.2, -0.15) is 13.2 Å². The van der Waals surface area contributed by atoms with Gasteiger partial charge in [0.1, 0.15) is 0 Å². The summed E-state index contributed by atoms with van der Waals surface area (Å²) in [6, 6.07) is 0.699. The van der Waals surface area contributed by atoms with Crippen molar-refractivity contribution in [2.45, 2.75) is 6.18 Å². The molecule has 12 heavy (non-hydrogen) atoms. The van der Waals surface area contributed by atoms with Gasteiger partial charge in [0.15, 0.2) is 0 Å². The molecule has 66 valence electrons. The monoisotopic (exact) mass is 180 g/mol. The number of hydrogen-bond donors (Lipinski definition) is 1. The van der Waals surface area contributed by atoms with Crippen molar-refractivity contribution in [3.63, 3.8) is 0 Å². The molecule has 0 aliphatic carbocycles. The minimum absolute atomic E-state index is 0.574. The first-order valence-corrected chi connectivity index (χ1v) is 2.81. The third-order valence-corrected chi connectivity index (χ3v) is 1.11. The number of halogens is 3. The highest BCUT2D eigenvalue weighted by atomic mass is 19.4. The summed E-state index contributed by atoms with van der Waals surface area (Å²) < 4.78 is 39.4. The summed E-state index contributed by atoms with van der Waals surface area (Å²) in [5.74, 6) is -3.08. The van der Waals surface area contributed by atoms with E-state index in [2.05, 4.69) is 4.42 Å². The van der Waals surface area contributed by atoms with E-state index in [-0.39, 0.29) is 0 Å². The van der Waals surface area contributed by atoms with Crippen molar-refractivity contribution >= 4 is 0 Å². The number of aromatic hydroxyl groups is 1. The van der Waals surface area contributed by atoms with E-state index in [1.54, 1.807) is 0 Å². The molecule has 1 rings (SSSR count). The van der Waals surface area contributed by atoms with Crippen LogP contribution in [0.3, 0.4) is 0 Å². The van der Waals surface area contributed by atoms with Crippen LogP contribution in [-0.4, -0.2) is 5.11 Å². The Balaban J connectivity index is 3.36. The number of hydrogen-bond acceptors (Lipinski definition) is 3. The molecule has 0 aromatic carbocycles. The van der Waals surface area contributed by atoms with Crippen LogP contribution in [-0.2, 0) is 6.18 Å². The largest absolute Gasteiger partial charge is 0.502 e. The molecular formula is C6H3F3O3. The Bertz CT molecular complexity index is 339. The van der Waals surface area contributed by atoms with Gasteiger partial charge in [-0.05, 0) is 0 Å². The zero-order valence-corrected chi connectivity index (χ0v) is 5.55. The van der Waals surface area contributed by atoms with Gasteiger partial charge in [0.25, 0.3) is 5.76 Å². The molecule has 0 saturated heterocycles. The Hall–Kier alpha value is -1.46. The summed E-state index contributed by atoms with van der Waals surface area (Å²) in [4.78, 5) is 10.5. The molecule has 0 aliphatic heterocycles.